The van der Waals surface area contributed by atoms with Gasteiger partial charge >= 0.3 is 0 Å². The third-order valence-electron chi connectivity index (χ3n) is 2.79. The molecule has 92 valence electrons. The Labute approximate surface area is 109 Å². The molecule has 0 amide bonds. The van der Waals surface area contributed by atoms with Crippen molar-refractivity contribution in [3.8, 4) is 11.5 Å². The molecule has 5 heteroatoms. The van der Waals surface area contributed by atoms with Gasteiger partial charge in [0.05, 0.1) is 14.2 Å². The van der Waals surface area contributed by atoms with E-state index in [4.69, 9.17) is 21.1 Å². The van der Waals surface area contributed by atoms with E-state index in [2.05, 4.69) is 0 Å². The molecule has 0 aliphatic carbocycles. The second-order valence-electron chi connectivity index (χ2n) is 3.71. The maximum Gasteiger partial charge on any atom is 0.239 e. The van der Waals surface area contributed by atoms with Gasteiger partial charge in [-0.05, 0) is 47.0 Å². The molecule has 1 atom stereocenters. The quantitative estimate of drug-likeness (QED) is 0.793. The maximum atomic E-state index is 11.4. The Bertz CT molecular complexity index is 448. The van der Waals surface area contributed by atoms with Crippen molar-refractivity contribution in [2.45, 2.75) is 11.7 Å². The van der Waals surface area contributed by atoms with E-state index < -0.39 is 0 Å². The molecular weight excluding hydrogens is 260 g/mol. The summed E-state index contributed by atoms with van der Waals surface area (Å²) in [5, 5.41) is -0.622. The summed E-state index contributed by atoms with van der Waals surface area (Å²) in [5.74, 6) is 2.22. The summed E-state index contributed by atoms with van der Waals surface area (Å²) < 4.78 is 10.5. The molecular formula is C12H13ClO3S. The average Bonchev–Trinajstić information content (AvgIpc) is 2.35. The van der Waals surface area contributed by atoms with Crippen LogP contribution in [0.25, 0.3) is 0 Å². The standard InChI is InChI=1S/C12H13ClO3S/c1-15-9-5-7-3-4-17-11(12(13)14)8(7)6-10(9)16-2/h5-6,11H,3-4H2,1-2H3. The Kier molecular flexibility index (Phi) is 3.84. The van der Waals surface area contributed by atoms with E-state index in [0.717, 1.165) is 23.3 Å². The van der Waals surface area contributed by atoms with Crippen molar-refractivity contribution >= 4 is 28.6 Å². The highest BCUT2D eigenvalue weighted by molar-refractivity contribution is 8.00. The lowest BCUT2D eigenvalue weighted by atomic mass is 10.0. The Morgan fingerprint density at radius 2 is 2.00 bits per heavy atom. The van der Waals surface area contributed by atoms with E-state index in [1.807, 2.05) is 12.1 Å². The molecule has 0 N–H and O–H groups in total. The highest BCUT2D eigenvalue weighted by Gasteiger charge is 2.27. The number of aryl methyl sites for hydroxylation is 1. The molecule has 0 aromatic heterocycles. The lowest BCUT2D eigenvalue weighted by Crippen LogP contribution is -2.13. The van der Waals surface area contributed by atoms with Gasteiger partial charge in [0.1, 0.15) is 5.25 Å². The Morgan fingerprint density at radius 3 is 2.59 bits per heavy atom. The van der Waals surface area contributed by atoms with Crippen LogP contribution < -0.4 is 9.47 Å². The fourth-order valence-electron chi connectivity index (χ4n) is 1.96. The zero-order valence-electron chi connectivity index (χ0n) is 9.66. The summed E-state index contributed by atoms with van der Waals surface area (Å²) in [5.41, 5.74) is 2.05. The molecule has 1 aliphatic heterocycles. The van der Waals surface area contributed by atoms with Gasteiger partial charge in [-0.2, -0.15) is 0 Å². The van der Waals surface area contributed by atoms with Gasteiger partial charge < -0.3 is 9.47 Å². The maximum absolute atomic E-state index is 11.4. The number of carbonyl (C=O) groups is 1. The lowest BCUT2D eigenvalue weighted by molar-refractivity contribution is -0.111. The van der Waals surface area contributed by atoms with Crippen LogP contribution in [-0.2, 0) is 11.2 Å². The smallest absolute Gasteiger partial charge is 0.239 e. The van der Waals surface area contributed by atoms with Crippen molar-refractivity contribution in [3.05, 3.63) is 23.3 Å². The summed E-state index contributed by atoms with van der Waals surface area (Å²) in [7, 11) is 3.18. The zero-order valence-corrected chi connectivity index (χ0v) is 11.2. The molecule has 0 spiro atoms. The van der Waals surface area contributed by atoms with Crippen LogP contribution in [0.4, 0.5) is 0 Å². The number of halogens is 1. The van der Waals surface area contributed by atoms with Crippen LogP contribution in [0.1, 0.15) is 16.4 Å². The Morgan fingerprint density at radius 1 is 1.35 bits per heavy atom. The number of hydrogen-bond donors (Lipinski definition) is 0. The largest absolute Gasteiger partial charge is 0.493 e. The molecule has 1 unspecified atom stereocenters. The Balaban J connectivity index is 2.50. The number of carbonyl (C=O) groups excluding carboxylic acids is 1. The van der Waals surface area contributed by atoms with E-state index in [-0.39, 0.29) is 10.5 Å². The molecule has 2 rings (SSSR count). The van der Waals surface area contributed by atoms with Crippen LogP contribution in [0.5, 0.6) is 11.5 Å². The molecule has 17 heavy (non-hydrogen) atoms. The predicted molar refractivity (Wildman–Crippen MR) is 69.3 cm³/mol. The third-order valence-corrected chi connectivity index (χ3v) is 4.38. The highest BCUT2D eigenvalue weighted by Crippen LogP contribution is 2.42. The number of methoxy groups -OCH3 is 2. The van der Waals surface area contributed by atoms with E-state index in [0.29, 0.717) is 11.5 Å². The van der Waals surface area contributed by atoms with Crippen molar-refractivity contribution in [1.82, 2.24) is 0 Å². The minimum absolute atomic E-state index is 0.291. The van der Waals surface area contributed by atoms with E-state index in [1.54, 1.807) is 26.0 Å². The second kappa shape index (κ2) is 5.19. The van der Waals surface area contributed by atoms with Gasteiger partial charge in [-0.25, -0.2) is 0 Å². The van der Waals surface area contributed by atoms with Gasteiger partial charge in [0.15, 0.2) is 11.5 Å². The molecule has 0 saturated carbocycles. The first kappa shape index (κ1) is 12.6. The van der Waals surface area contributed by atoms with Crippen LogP contribution in [0.2, 0.25) is 0 Å². The summed E-state index contributed by atoms with van der Waals surface area (Å²) in [6.45, 7) is 0. The molecule has 1 aromatic rings. The first-order chi connectivity index (χ1) is 8.17. The average molecular weight is 273 g/mol. The number of thioether (sulfide) groups is 1. The normalized spacial score (nSPS) is 18.4. The first-order valence-corrected chi connectivity index (χ1v) is 6.65. The highest BCUT2D eigenvalue weighted by atomic mass is 35.5. The molecule has 3 nitrogen and oxygen atoms in total. The molecule has 1 aromatic carbocycles. The van der Waals surface area contributed by atoms with Crippen LogP contribution in [0.15, 0.2) is 12.1 Å². The van der Waals surface area contributed by atoms with Gasteiger partial charge in [-0.15, -0.1) is 11.8 Å². The van der Waals surface area contributed by atoms with Crippen molar-refractivity contribution in [3.63, 3.8) is 0 Å². The molecule has 0 fully saturated rings. The van der Waals surface area contributed by atoms with Gasteiger partial charge in [-0.1, -0.05) is 0 Å². The van der Waals surface area contributed by atoms with E-state index in [1.165, 1.54) is 0 Å². The predicted octanol–water partition coefficient (Wildman–Crippen LogP) is 2.80. The lowest BCUT2D eigenvalue weighted by Gasteiger charge is -2.23. The minimum atomic E-state index is -0.330. The van der Waals surface area contributed by atoms with E-state index >= 15 is 0 Å². The van der Waals surface area contributed by atoms with Crippen molar-refractivity contribution < 1.29 is 14.3 Å². The van der Waals surface area contributed by atoms with Gasteiger partial charge in [0, 0.05) is 0 Å². The summed E-state index contributed by atoms with van der Waals surface area (Å²) in [6, 6.07) is 3.78. The van der Waals surface area contributed by atoms with E-state index in [9.17, 15) is 4.79 Å². The molecule has 1 aliphatic rings. The number of ether oxygens (including phenoxy) is 2. The summed E-state index contributed by atoms with van der Waals surface area (Å²) >= 11 is 7.19. The minimum Gasteiger partial charge on any atom is -0.493 e. The number of rotatable bonds is 3. The fourth-order valence-corrected chi connectivity index (χ4v) is 3.37. The Hall–Kier alpha value is -0.870. The summed E-state index contributed by atoms with van der Waals surface area (Å²) in [6.07, 6.45) is 0.918. The molecule has 0 saturated heterocycles. The van der Waals surface area contributed by atoms with Crippen LogP contribution in [0.3, 0.4) is 0 Å². The number of fused-ring (bicyclic) bond motifs is 1. The zero-order chi connectivity index (χ0) is 12.4. The van der Waals surface area contributed by atoms with Crippen LogP contribution in [-0.4, -0.2) is 25.2 Å². The van der Waals surface area contributed by atoms with Crippen molar-refractivity contribution in [2.24, 2.45) is 0 Å². The number of hydrogen-bond acceptors (Lipinski definition) is 4. The SMILES string of the molecule is COc1cc2c(cc1OC)C(C(=O)Cl)SCC2. The summed E-state index contributed by atoms with van der Waals surface area (Å²) in [4.78, 5) is 11.4. The number of benzene rings is 1. The van der Waals surface area contributed by atoms with Gasteiger partial charge in [-0.3, -0.25) is 4.79 Å². The van der Waals surface area contributed by atoms with Crippen molar-refractivity contribution in [1.29, 1.82) is 0 Å². The monoisotopic (exact) mass is 272 g/mol. The topological polar surface area (TPSA) is 35.5 Å². The molecule has 0 radical (unpaired) electrons. The third kappa shape index (κ3) is 2.38. The van der Waals surface area contributed by atoms with Crippen LogP contribution >= 0.6 is 23.4 Å². The van der Waals surface area contributed by atoms with Gasteiger partial charge in [0.2, 0.25) is 5.24 Å². The van der Waals surface area contributed by atoms with Gasteiger partial charge in [0.25, 0.3) is 0 Å². The first-order valence-electron chi connectivity index (χ1n) is 5.23. The van der Waals surface area contributed by atoms with Crippen molar-refractivity contribution in [2.75, 3.05) is 20.0 Å². The molecule has 0 bridgehead atoms. The fraction of sp³-hybridized carbons (Fsp3) is 0.417. The second-order valence-corrected chi connectivity index (χ2v) is 5.30. The molecule has 1 heterocycles. The van der Waals surface area contributed by atoms with Crippen LogP contribution in [0, 0.1) is 0 Å².